The van der Waals surface area contributed by atoms with Crippen molar-refractivity contribution in [3.8, 4) is 0 Å². The summed E-state index contributed by atoms with van der Waals surface area (Å²) in [6, 6.07) is 6.79. The highest BCUT2D eigenvalue weighted by molar-refractivity contribution is 14.0. The summed E-state index contributed by atoms with van der Waals surface area (Å²) < 4.78 is 13.2. The second-order valence-electron chi connectivity index (χ2n) is 6.81. The number of benzene rings is 1. The highest BCUT2D eigenvalue weighted by atomic mass is 127. The number of hydrogen-bond donors (Lipinski definition) is 2. The molecule has 0 aliphatic carbocycles. The highest BCUT2D eigenvalue weighted by Gasteiger charge is 2.18. The maximum Gasteiger partial charge on any atom is 0.191 e. The fourth-order valence-corrected chi connectivity index (χ4v) is 3.29. The number of halogens is 2. The van der Waals surface area contributed by atoms with Crippen LogP contribution in [0.4, 0.5) is 4.39 Å². The molecule has 2 N–H and O–H groups in total. The Bertz CT molecular complexity index is 530. The van der Waals surface area contributed by atoms with E-state index in [9.17, 15) is 4.39 Å². The van der Waals surface area contributed by atoms with E-state index in [1.807, 2.05) is 6.07 Å². The first-order valence-corrected chi connectivity index (χ1v) is 9.70. The largest absolute Gasteiger partial charge is 0.357 e. The molecule has 1 aromatic rings. The molecule has 2 rings (SSSR count). The summed E-state index contributed by atoms with van der Waals surface area (Å²) in [4.78, 5) is 7.32. The van der Waals surface area contributed by atoms with Crippen molar-refractivity contribution in [1.29, 1.82) is 0 Å². The Hall–Kier alpha value is -0.890. The molecule has 0 radical (unpaired) electrons. The van der Waals surface area contributed by atoms with E-state index >= 15 is 0 Å². The second-order valence-corrected chi connectivity index (χ2v) is 6.81. The van der Waals surface area contributed by atoms with E-state index in [0.717, 1.165) is 37.6 Å². The van der Waals surface area contributed by atoms with Crippen LogP contribution < -0.4 is 10.6 Å². The SMILES string of the molecule is CCCN1CCC(CN=C(NCC)NCCc2cccc(F)c2)CC1.I. The zero-order valence-electron chi connectivity index (χ0n) is 16.1. The van der Waals surface area contributed by atoms with Gasteiger partial charge >= 0.3 is 0 Å². The number of guanidine groups is 1. The smallest absolute Gasteiger partial charge is 0.191 e. The first kappa shape index (κ1) is 23.1. The Morgan fingerprint density at radius 1 is 1.23 bits per heavy atom. The zero-order chi connectivity index (χ0) is 17.9. The van der Waals surface area contributed by atoms with Gasteiger partial charge in [0.1, 0.15) is 5.82 Å². The Morgan fingerprint density at radius 2 is 2.00 bits per heavy atom. The van der Waals surface area contributed by atoms with Gasteiger partial charge in [0.2, 0.25) is 0 Å². The topological polar surface area (TPSA) is 39.7 Å². The third-order valence-electron chi connectivity index (χ3n) is 4.69. The standard InChI is InChI=1S/C20H33FN4.HI/c1-3-12-25-13-9-18(10-14-25)16-24-20(22-4-2)23-11-8-17-6-5-7-19(21)15-17;/h5-7,15,18H,3-4,8-14,16H2,1-2H3,(H2,22,23,24);1H. The lowest BCUT2D eigenvalue weighted by Crippen LogP contribution is -2.39. The number of aliphatic imine (C=N–C) groups is 1. The van der Waals surface area contributed by atoms with Crippen LogP contribution in [-0.2, 0) is 6.42 Å². The molecule has 6 heteroatoms. The third kappa shape index (κ3) is 8.66. The van der Waals surface area contributed by atoms with Crippen LogP contribution in [0.15, 0.2) is 29.3 Å². The minimum atomic E-state index is -0.174. The molecule has 1 fully saturated rings. The molecule has 0 bridgehead atoms. The molecule has 0 spiro atoms. The number of likely N-dealkylation sites (tertiary alicyclic amines) is 1. The van der Waals surface area contributed by atoms with Crippen LogP contribution in [0.25, 0.3) is 0 Å². The van der Waals surface area contributed by atoms with Crippen LogP contribution >= 0.6 is 24.0 Å². The van der Waals surface area contributed by atoms with E-state index < -0.39 is 0 Å². The maximum atomic E-state index is 13.2. The van der Waals surface area contributed by atoms with E-state index in [0.29, 0.717) is 5.92 Å². The Kier molecular flexibility index (Phi) is 11.8. The van der Waals surface area contributed by atoms with Crippen LogP contribution in [0.5, 0.6) is 0 Å². The number of nitrogens with zero attached hydrogens (tertiary/aromatic N) is 2. The fraction of sp³-hybridized carbons (Fsp3) is 0.650. The van der Waals surface area contributed by atoms with E-state index in [2.05, 4.69) is 29.4 Å². The predicted octanol–water partition coefficient (Wildman–Crippen LogP) is 3.66. The van der Waals surface area contributed by atoms with Crippen LogP contribution in [0.1, 0.15) is 38.7 Å². The summed E-state index contributed by atoms with van der Waals surface area (Å²) in [5.41, 5.74) is 1.01. The fourth-order valence-electron chi connectivity index (χ4n) is 3.29. The van der Waals surface area contributed by atoms with Gasteiger partial charge in [-0.05, 0) is 75.9 Å². The molecule has 4 nitrogen and oxygen atoms in total. The van der Waals surface area contributed by atoms with Crippen molar-refractivity contribution in [2.75, 3.05) is 39.3 Å². The summed E-state index contributed by atoms with van der Waals surface area (Å²) in [5.74, 6) is 1.38. The molecular formula is C20H34FIN4. The van der Waals surface area contributed by atoms with Crippen molar-refractivity contribution in [2.24, 2.45) is 10.9 Å². The van der Waals surface area contributed by atoms with E-state index in [1.165, 1.54) is 45.0 Å². The number of piperidine rings is 1. The summed E-state index contributed by atoms with van der Waals surface area (Å²) in [7, 11) is 0. The summed E-state index contributed by atoms with van der Waals surface area (Å²) in [6.45, 7) is 10.4. The van der Waals surface area contributed by atoms with Gasteiger partial charge in [-0.3, -0.25) is 4.99 Å². The number of rotatable bonds is 8. The molecule has 0 aromatic heterocycles. The van der Waals surface area contributed by atoms with Crippen molar-refractivity contribution < 1.29 is 4.39 Å². The van der Waals surface area contributed by atoms with Gasteiger partial charge in [0.15, 0.2) is 5.96 Å². The highest BCUT2D eigenvalue weighted by Crippen LogP contribution is 2.17. The summed E-state index contributed by atoms with van der Waals surface area (Å²) in [5, 5.41) is 6.67. The van der Waals surface area contributed by atoms with Crippen LogP contribution in [0.2, 0.25) is 0 Å². The summed E-state index contributed by atoms with van der Waals surface area (Å²) >= 11 is 0. The molecule has 0 atom stereocenters. The van der Waals surface area contributed by atoms with Gasteiger partial charge < -0.3 is 15.5 Å². The van der Waals surface area contributed by atoms with Crippen molar-refractivity contribution in [2.45, 2.75) is 39.5 Å². The van der Waals surface area contributed by atoms with E-state index in [1.54, 1.807) is 12.1 Å². The lowest BCUT2D eigenvalue weighted by Gasteiger charge is -2.31. The van der Waals surface area contributed by atoms with Gasteiger partial charge in [-0.25, -0.2) is 4.39 Å². The van der Waals surface area contributed by atoms with Crippen LogP contribution in [-0.4, -0.2) is 50.1 Å². The number of hydrogen-bond acceptors (Lipinski definition) is 2. The minimum Gasteiger partial charge on any atom is -0.357 e. The third-order valence-corrected chi connectivity index (χ3v) is 4.69. The first-order valence-electron chi connectivity index (χ1n) is 9.70. The van der Waals surface area contributed by atoms with Gasteiger partial charge in [-0.1, -0.05) is 19.1 Å². The first-order chi connectivity index (χ1) is 12.2. The Labute approximate surface area is 175 Å². The lowest BCUT2D eigenvalue weighted by molar-refractivity contribution is 0.188. The van der Waals surface area contributed by atoms with Crippen molar-refractivity contribution in [3.05, 3.63) is 35.6 Å². The zero-order valence-corrected chi connectivity index (χ0v) is 18.5. The molecule has 148 valence electrons. The van der Waals surface area contributed by atoms with Crippen LogP contribution in [0, 0.1) is 11.7 Å². The molecular weight excluding hydrogens is 442 g/mol. The van der Waals surface area contributed by atoms with Crippen molar-refractivity contribution in [1.82, 2.24) is 15.5 Å². The van der Waals surface area contributed by atoms with Gasteiger partial charge in [0, 0.05) is 19.6 Å². The van der Waals surface area contributed by atoms with Gasteiger partial charge in [-0.2, -0.15) is 0 Å². The monoisotopic (exact) mass is 476 g/mol. The quantitative estimate of drug-likeness (QED) is 0.342. The van der Waals surface area contributed by atoms with Gasteiger partial charge in [0.25, 0.3) is 0 Å². The average Bonchev–Trinajstić information content (AvgIpc) is 2.61. The molecule has 1 aliphatic heterocycles. The van der Waals surface area contributed by atoms with E-state index in [4.69, 9.17) is 4.99 Å². The molecule has 1 aliphatic rings. The second kappa shape index (κ2) is 13.3. The molecule has 0 amide bonds. The van der Waals surface area contributed by atoms with Gasteiger partial charge in [-0.15, -0.1) is 24.0 Å². The normalized spacial score (nSPS) is 16.2. The van der Waals surface area contributed by atoms with Crippen LogP contribution in [0.3, 0.4) is 0 Å². The molecule has 1 saturated heterocycles. The van der Waals surface area contributed by atoms with E-state index in [-0.39, 0.29) is 29.8 Å². The summed E-state index contributed by atoms with van der Waals surface area (Å²) in [6.07, 6.45) is 4.51. The molecule has 0 unspecified atom stereocenters. The molecule has 0 saturated carbocycles. The lowest BCUT2D eigenvalue weighted by atomic mass is 9.97. The van der Waals surface area contributed by atoms with Gasteiger partial charge in [0.05, 0.1) is 0 Å². The maximum absolute atomic E-state index is 13.2. The predicted molar refractivity (Wildman–Crippen MR) is 119 cm³/mol. The van der Waals surface area contributed by atoms with Crippen molar-refractivity contribution >= 4 is 29.9 Å². The van der Waals surface area contributed by atoms with Crippen molar-refractivity contribution in [3.63, 3.8) is 0 Å². The minimum absolute atomic E-state index is 0. The molecule has 1 aromatic carbocycles. The average molecular weight is 476 g/mol. The molecule has 1 heterocycles. The Morgan fingerprint density at radius 3 is 2.65 bits per heavy atom. The number of nitrogens with one attached hydrogen (secondary N) is 2. The Balaban J connectivity index is 0.00000338. The molecule has 26 heavy (non-hydrogen) atoms.